The van der Waals surface area contributed by atoms with Gasteiger partial charge >= 0.3 is 0 Å². The average Bonchev–Trinajstić information content (AvgIpc) is 2.61. The molecule has 122 valence electrons. The molecular weight excluding hydrogens is 310 g/mol. The van der Waals surface area contributed by atoms with Crippen LogP contribution < -0.4 is 10.2 Å². The first-order valence-corrected chi connectivity index (χ1v) is 8.41. The first-order valence-electron chi connectivity index (χ1n) is 8.04. The van der Waals surface area contributed by atoms with Crippen molar-refractivity contribution in [2.45, 2.75) is 13.5 Å². The van der Waals surface area contributed by atoms with Crippen LogP contribution in [0.1, 0.15) is 12.5 Å². The van der Waals surface area contributed by atoms with E-state index in [4.69, 9.17) is 11.6 Å². The molecule has 0 saturated carbocycles. The van der Waals surface area contributed by atoms with Gasteiger partial charge in [-0.05, 0) is 24.2 Å². The third kappa shape index (κ3) is 4.12. The zero-order valence-corrected chi connectivity index (χ0v) is 14.1. The Balaban J connectivity index is 1.63. The van der Waals surface area contributed by atoms with Crippen molar-refractivity contribution in [1.82, 2.24) is 14.9 Å². The third-order valence-electron chi connectivity index (χ3n) is 4.18. The molecule has 1 aliphatic heterocycles. The van der Waals surface area contributed by atoms with E-state index in [1.807, 2.05) is 36.5 Å². The molecular formula is C17H22ClN5. The molecule has 1 aliphatic rings. The maximum atomic E-state index is 6.18. The van der Waals surface area contributed by atoms with E-state index >= 15 is 0 Å². The van der Waals surface area contributed by atoms with E-state index in [1.165, 1.54) is 0 Å². The molecule has 0 unspecified atom stereocenters. The van der Waals surface area contributed by atoms with Crippen molar-refractivity contribution in [3.05, 3.63) is 47.1 Å². The Morgan fingerprint density at radius 1 is 1.13 bits per heavy atom. The molecule has 6 heteroatoms. The van der Waals surface area contributed by atoms with Crippen LogP contribution in [-0.2, 0) is 6.54 Å². The minimum Gasteiger partial charge on any atom is -0.354 e. The molecule has 0 radical (unpaired) electrons. The van der Waals surface area contributed by atoms with E-state index < -0.39 is 0 Å². The topological polar surface area (TPSA) is 44.3 Å². The van der Waals surface area contributed by atoms with E-state index in [9.17, 15) is 0 Å². The lowest BCUT2D eigenvalue weighted by atomic mass is 10.2. The minimum absolute atomic E-state index is 0.618. The number of rotatable bonds is 5. The molecule has 2 aromatic rings. The number of nitrogens with zero attached hydrogens (tertiary/aromatic N) is 4. The molecule has 5 nitrogen and oxygen atoms in total. The van der Waals surface area contributed by atoms with Crippen LogP contribution in [0.25, 0.3) is 0 Å². The van der Waals surface area contributed by atoms with Crippen LogP contribution >= 0.6 is 11.6 Å². The Morgan fingerprint density at radius 3 is 2.65 bits per heavy atom. The molecule has 1 fully saturated rings. The molecule has 1 N–H and O–H groups in total. The largest absolute Gasteiger partial charge is 0.354 e. The predicted octanol–water partition coefficient (Wildman–Crippen LogP) is 2.88. The zero-order valence-electron chi connectivity index (χ0n) is 13.4. The fourth-order valence-corrected chi connectivity index (χ4v) is 2.92. The standard InChI is InChI=1S/C17H22ClN5/c1-2-22-9-11-23(12-10-22)16-7-8-19-17(21-16)20-13-14-5-3-4-6-15(14)18/h3-8H,2,9-13H2,1H3,(H,19,20,21). The van der Waals surface area contributed by atoms with Gasteiger partial charge in [-0.1, -0.05) is 36.7 Å². The molecule has 1 aromatic carbocycles. The smallest absolute Gasteiger partial charge is 0.224 e. The zero-order chi connectivity index (χ0) is 16.1. The van der Waals surface area contributed by atoms with Gasteiger partial charge in [0, 0.05) is 43.9 Å². The van der Waals surface area contributed by atoms with Crippen molar-refractivity contribution in [2.75, 3.05) is 42.9 Å². The lowest BCUT2D eigenvalue weighted by Crippen LogP contribution is -2.46. The van der Waals surface area contributed by atoms with Gasteiger partial charge in [0.05, 0.1) is 0 Å². The fourth-order valence-electron chi connectivity index (χ4n) is 2.72. The van der Waals surface area contributed by atoms with Crippen molar-refractivity contribution >= 4 is 23.4 Å². The summed E-state index contributed by atoms with van der Waals surface area (Å²) in [6.07, 6.45) is 1.81. The molecule has 23 heavy (non-hydrogen) atoms. The molecule has 0 aliphatic carbocycles. The van der Waals surface area contributed by atoms with Gasteiger partial charge in [0.15, 0.2) is 0 Å². The summed E-state index contributed by atoms with van der Waals surface area (Å²) in [5.74, 6) is 1.62. The number of likely N-dealkylation sites (N-methyl/N-ethyl adjacent to an activating group) is 1. The van der Waals surface area contributed by atoms with E-state index in [2.05, 4.69) is 32.0 Å². The summed E-state index contributed by atoms with van der Waals surface area (Å²) >= 11 is 6.18. The Hall–Kier alpha value is -1.85. The normalized spacial score (nSPS) is 15.7. The second-order valence-electron chi connectivity index (χ2n) is 5.60. The van der Waals surface area contributed by atoms with Gasteiger partial charge in [-0.3, -0.25) is 0 Å². The van der Waals surface area contributed by atoms with Crippen molar-refractivity contribution in [3.63, 3.8) is 0 Å². The number of halogens is 1. The summed E-state index contributed by atoms with van der Waals surface area (Å²) in [6.45, 7) is 8.13. The van der Waals surface area contributed by atoms with E-state index in [0.717, 1.165) is 49.1 Å². The summed E-state index contributed by atoms with van der Waals surface area (Å²) in [6, 6.07) is 9.78. The number of benzene rings is 1. The highest BCUT2D eigenvalue weighted by molar-refractivity contribution is 6.31. The van der Waals surface area contributed by atoms with Gasteiger partial charge in [0.1, 0.15) is 5.82 Å². The molecule has 0 amide bonds. The number of aromatic nitrogens is 2. The predicted molar refractivity (Wildman–Crippen MR) is 95.1 cm³/mol. The first-order chi connectivity index (χ1) is 11.3. The quantitative estimate of drug-likeness (QED) is 0.912. The Labute approximate surface area is 142 Å². The number of nitrogens with one attached hydrogen (secondary N) is 1. The van der Waals surface area contributed by atoms with Crippen LogP contribution in [-0.4, -0.2) is 47.6 Å². The van der Waals surface area contributed by atoms with Crippen LogP contribution in [0.3, 0.4) is 0 Å². The number of anilines is 2. The summed E-state index contributed by atoms with van der Waals surface area (Å²) in [7, 11) is 0. The highest BCUT2D eigenvalue weighted by atomic mass is 35.5. The van der Waals surface area contributed by atoms with Crippen LogP contribution in [0, 0.1) is 0 Å². The van der Waals surface area contributed by atoms with Gasteiger partial charge in [-0.25, -0.2) is 4.98 Å². The van der Waals surface area contributed by atoms with Crippen molar-refractivity contribution < 1.29 is 0 Å². The Bertz CT molecular complexity index is 640. The summed E-state index contributed by atoms with van der Waals surface area (Å²) in [4.78, 5) is 13.7. The van der Waals surface area contributed by atoms with E-state index in [1.54, 1.807) is 0 Å². The number of hydrogen-bond acceptors (Lipinski definition) is 5. The van der Waals surface area contributed by atoms with Crippen LogP contribution in [0.2, 0.25) is 5.02 Å². The molecule has 2 heterocycles. The third-order valence-corrected chi connectivity index (χ3v) is 4.55. The van der Waals surface area contributed by atoms with Gasteiger partial charge in [-0.15, -0.1) is 0 Å². The van der Waals surface area contributed by atoms with Crippen LogP contribution in [0.15, 0.2) is 36.5 Å². The fraction of sp³-hybridized carbons (Fsp3) is 0.412. The Kier molecular flexibility index (Phi) is 5.31. The Morgan fingerprint density at radius 2 is 1.91 bits per heavy atom. The minimum atomic E-state index is 0.618. The average molecular weight is 332 g/mol. The van der Waals surface area contributed by atoms with E-state index in [-0.39, 0.29) is 0 Å². The van der Waals surface area contributed by atoms with Crippen molar-refractivity contribution in [3.8, 4) is 0 Å². The van der Waals surface area contributed by atoms with Crippen LogP contribution in [0.5, 0.6) is 0 Å². The van der Waals surface area contributed by atoms with E-state index in [0.29, 0.717) is 12.5 Å². The van der Waals surface area contributed by atoms with Crippen molar-refractivity contribution in [1.29, 1.82) is 0 Å². The van der Waals surface area contributed by atoms with Gasteiger partial charge < -0.3 is 15.1 Å². The second-order valence-corrected chi connectivity index (χ2v) is 6.01. The monoisotopic (exact) mass is 331 g/mol. The summed E-state index contributed by atoms with van der Waals surface area (Å²) < 4.78 is 0. The highest BCUT2D eigenvalue weighted by Crippen LogP contribution is 2.18. The second kappa shape index (κ2) is 7.62. The first kappa shape index (κ1) is 16.0. The van der Waals surface area contributed by atoms with Gasteiger partial charge in [-0.2, -0.15) is 4.98 Å². The van der Waals surface area contributed by atoms with Gasteiger partial charge in [0.2, 0.25) is 5.95 Å². The summed E-state index contributed by atoms with van der Waals surface area (Å²) in [5, 5.41) is 4.01. The SMILES string of the molecule is CCN1CCN(c2ccnc(NCc3ccccc3Cl)n2)CC1. The summed E-state index contributed by atoms with van der Waals surface area (Å²) in [5.41, 5.74) is 1.04. The number of hydrogen-bond donors (Lipinski definition) is 1. The maximum absolute atomic E-state index is 6.18. The lowest BCUT2D eigenvalue weighted by molar-refractivity contribution is 0.270. The number of piperazine rings is 1. The molecule has 0 atom stereocenters. The van der Waals surface area contributed by atoms with Gasteiger partial charge in [0.25, 0.3) is 0 Å². The maximum Gasteiger partial charge on any atom is 0.224 e. The van der Waals surface area contributed by atoms with Crippen LogP contribution in [0.4, 0.5) is 11.8 Å². The molecule has 1 saturated heterocycles. The molecule has 0 bridgehead atoms. The van der Waals surface area contributed by atoms with Crippen molar-refractivity contribution in [2.24, 2.45) is 0 Å². The lowest BCUT2D eigenvalue weighted by Gasteiger charge is -2.34. The molecule has 1 aromatic heterocycles. The highest BCUT2D eigenvalue weighted by Gasteiger charge is 2.17. The molecule has 3 rings (SSSR count). The molecule has 0 spiro atoms.